The van der Waals surface area contributed by atoms with Crippen molar-refractivity contribution in [2.45, 2.75) is 50.3 Å². The molecule has 168 valence electrons. The number of rotatable bonds is 5. The molecule has 2 fully saturated rings. The van der Waals surface area contributed by atoms with Crippen LogP contribution in [-0.2, 0) is 21.3 Å². The summed E-state index contributed by atoms with van der Waals surface area (Å²) in [5.41, 5.74) is 0.504. The molecule has 0 aliphatic carbocycles. The Balaban J connectivity index is 1.43. The first kappa shape index (κ1) is 21.9. The van der Waals surface area contributed by atoms with Crippen molar-refractivity contribution in [3.63, 3.8) is 0 Å². The largest absolute Gasteiger partial charge is 0.373 e. The molecule has 4 rings (SSSR count). The summed E-state index contributed by atoms with van der Waals surface area (Å²) in [6.45, 7) is 6.49. The highest BCUT2D eigenvalue weighted by atomic mass is 32.2. The van der Waals surface area contributed by atoms with Crippen molar-refractivity contribution in [3.8, 4) is 0 Å². The number of morpholine rings is 1. The zero-order chi connectivity index (χ0) is 22.0. The van der Waals surface area contributed by atoms with Gasteiger partial charge in [0.15, 0.2) is 0 Å². The number of amides is 1. The van der Waals surface area contributed by atoms with E-state index in [4.69, 9.17) is 4.74 Å². The fourth-order valence-corrected chi connectivity index (χ4v) is 6.01. The number of likely N-dealkylation sites (tertiary alicyclic amines) is 1. The van der Waals surface area contributed by atoms with Gasteiger partial charge in [0.1, 0.15) is 0 Å². The van der Waals surface area contributed by atoms with Gasteiger partial charge in [-0.3, -0.25) is 9.48 Å². The van der Waals surface area contributed by atoms with Gasteiger partial charge in [-0.1, -0.05) is 5.21 Å². The molecule has 10 heteroatoms. The average molecular weight is 448 g/mol. The average Bonchev–Trinajstić information content (AvgIpc) is 3.26. The van der Waals surface area contributed by atoms with Crippen molar-refractivity contribution in [1.82, 2.24) is 24.2 Å². The Hall–Kier alpha value is -2.30. The van der Waals surface area contributed by atoms with Crippen LogP contribution in [0.15, 0.2) is 41.6 Å². The first-order valence-electron chi connectivity index (χ1n) is 10.7. The Morgan fingerprint density at radius 2 is 1.84 bits per heavy atom. The molecule has 0 saturated carbocycles. The molecule has 3 heterocycles. The number of sulfonamides is 1. The molecular weight excluding hydrogens is 418 g/mol. The highest BCUT2D eigenvalue weighted by Crippen LogP contribution is 2.23. The van der Waals surface area contributed by atoms with Crippen LogP contribution in [0, 0.1) is 5.92 Å². The van der Waals surface area contributed by atoms with Gasteiger partial charge in [-0.25, -0.2) is 8.42 Å². The predicted octanol–water partition coefficient (Wildman–Crippen LogP) is 1.63. The lowest BCUT2D eigenvalue weighted by molar-refractivity contribution is -0.0440. The number of hydrogen-bond donors (Lipinski definition) is 0. The molecule has 0 N–H and O–H groups in total. The third-order valence-electron chi connectivity index (χ3n) is 5.85. The van der Waals surface area contributed by atoms with Crippen LogP contribution in [0.3, 0.4) is 0 Å². The van der Waals surface area contributed by atoms with Gasteiger partial charge in [0, 0.05) is 44.5 Å². The fourth-order valence-electron chi connectivity index (χ4n) is 4.42. The summed E-state index contributed by atoms with van der Waals surface area (Å²) >= 11 is 0. The van der Waals surface area contributed by atoms with Crippen LogP contribution in [0.2, 0.25) is 0 Å². The number of benzene rings is 1. The van der Waals surface area contributed by atoms with Gasteiger partial charge in [0.2, 0.25) is 10.0 Å². The molecule has 0 unspecified atom stereocenters. The van der Waals surface area contributed by atoms with E-state index >= 15 is 0 Å². The Kier molecular flexibility index (Phi) is 6.40. The summed E-state index contributed by atoms with van der Waals surface area (Å²) < 4.78 is 34.9. The van der Waals surface area contributed by atoms with Crippen LogP contribution in [0.5, 0.6) is 0 Å². The molecule has 2 aromatic rings. The van der Waals surface area contributed by atoms with Crippen LogP contribution < -0.4 is 0 Å². The van der Waals surface area contributed by atoms with E-state index in [1.165, 1.54) is 16.4 Å². The summed E-state index contributed by atoms with van der Waals surface area (Å²) in [7, 11) is -3.62. The molecule has 31 heavy (non-hydrogen) atoms. The third kappa shape index (κ3) is 4.97. The van der Waals surface area contributed by atoms with E-state index in [2.05, 4.69) is 10.3 Å². The number of piperidine rings is 1. The first-order valence-corrected chi connectivity index (χ1v) is 12.2. The van der Waals surface area contributed by atoms with E-state index in [0.717, 1.165) is 19.4 Å². The molecule has 1 aromatic carbocycles. The van der Waals surface area contributed by atoms with E-state index in [1.54, 1.807) is 23.0 Å². The zero-order valence-corrected chi connectivity index (χ0v) is 18.7. The Morgan fingerprint density at radius 1 is 1.13 bits per heavy atom. The van der Waals surface area contributed by atoms with Crippen molar-refractivity contribution < 1.29 is 17.9 Å². The predicted molar refractivity (Wildman–Crippen MR) is 114 cm³/mol. The van der Waals surface area contributed by atoms with Crippen molar-refractivity contribution >= 4 is 15.9 Å². The first-order chi connectivity index (χ1) is 14.8. The van der Waals surface area contributed by atoms with Crippen molar-refractivity contribution in [3.05, 3.63) is 42.2 Å². The monoisotopic (exact) mass is 447 g/mol. The van der Waals surface area contributed by atoms with Crippen LogP contribution in [0.25, 0.3) is 0 Å². The second-order valence-corrected chi connectivity index (χ2v) is 10.4. The molecule has 0 spiro atoms. The van der Waals surface area contributed by atoms with Gasteiger partial charge in [0.05, 0.1) is 23.3 Å². The minimum Gasteiger partial charge on any atom is -0.373 e. The molecule has 3 atom stereocenters. The van der Waals surface area contributed by atoms with E-state index in [-0.39, 0.29) is 23.0 Å². The van der Waals surface area contributed by atoms with E-state index in [9.17, 15) is 13.2 Å². The molecule has 1 aromatic heterocycles. The van der Waals surface area contributed by atoms with Crippen molar-refractivity contribution in [2.24, 2.45) is 5.92 Å². The Labute approximate surface area is 183 Å². The standard InChI is InChI=1S/C21H29N5O4S/c1-16-12-26(13-17(2)30-16)31(28,29)20-7-5-19(6-8-20)21(27)24-10-3-4-18(14-24)15-25-11-9-22-23-25/h5-9,11,16-18H,3-4,10,12-15H2,1-2H3/t16-,17-,18+/m1/s1. The molecule has 2 aliphatic rings. The molecule has 9 nitrogen and oxygen atoms in total. The number of carbonyl (C=O) groups excluding carboxylic acids is 1. The van der Waals surface area contributed by atoms with Crippen LogP contribution in [0.1, 0.15) is 37.0 Å². The molecule has 0 bridgehead atoms. The lowest BCUT2D eigenvalue weighted by Crippen LogP contribution is -2.48. The summed E-state index contributed by atoms with van der Waals surface area (Å²) in [4.78, 5) is 15.1. The van der Waals surface area contributed by atoms with Crippen LogP contribution in [0.4, 0.5) is 0 Å². The summed E-state index contributed by atoms with van der Waals surface area (Å²) in [6, 6.07) is 6.29. The van der Waals surface area contributed by atoms with Gasteiger partial charge < -0.3 is 9.64 Å². The maximum absolute atomic E-state index is 13.0. The number of carbonyl (C=O) groups is 1. The van der Waals surface area contributed by atoms with Crippen LogP contribution >= 0.6 is 0 Å². The number of nitrogens with zero attached hydrogens (tertiary/aromatic N) is 5. The van der Waals surface area contributed by atoms with Crippen molar-refractivity contribution in [2.75, 3.05) is 26.2 Å². The normalized spacial score (nSPS) is 25.5. The molecular formula is C21H29N5O4S. The minimum atomic E-state index is -3.62. The summed E-state index contributed by atoms with van der Waals surface area (Å²) in [6.07, 6.45) is 5.16. The lowest BCUT2D eigenvalue weighted by atomic mass is 9.97. The number of aromatic nitrogens is 3. The quantitative estimate of drug-likeness (QED) is 0.691. The van der Waals surface area contributed by atoms with Crippen molar-refractivity contribution in [1.29, 1.82) is 0 Å². The number of hydrogen-bond acceptors (Lipinski definition) is 6. The van der Waals surface area contributed by atoms with Gasteiger partial charge >= 0.3 is 0 Å². The van der Waals surface area contributed by atoms with E-state index in [0.29, 0.717) is 37.7 Å². The Bertz CT molecular complexity index is 983. The Morgan fingerprint density at radius 3 is 2.48 bits per heavy atom. The highest BCUT2D eigenvalue weighted by molar-refractivity contribution is 7.89. The van der Waals surface area contributed by atoms with Gasteiger partial charge in [-0.15, -0.1) is 5.10 Å². The summed E-state index contributed by atoms with van der Waals surface area (Å²) in [5.74, 6) is 0.255. The maximum Gasteiger partial charge on any atom is 0.253 e. The topological polar surface area (TPSA) is 97.6 Å². The number of ether oxygens (including phenoxy) is 1. The lowest BCUT2D eigenvalue weighted by Gasteiger charge is -2.34. The van der Waals surface area contributed by atoms with Crippen LogP contribution in [-0.4, -0.2) is 76.9 Å². The fraction of sp³-hybridized carbons (Fsp3) is 0.571. The zero-order valence-electron chi connectivity index (χ0n) is 17.9. The van der Waals surface area contributed by atoms with Gasteiger partial charge in [-0.05, 0) is 56.9 Å². The summed E-state index contributed by atoms with van der Waals surface area (Å²) in [5, 5.41) is 7.85. The second-order valence-electron chi connectivity index (χ2n) is 8.49. The minimum absolute atomic E-state index is 0.0687. The van der Waals surface area contributed by atoms with E-state index in [1.807, 2.05) is 24.9 Å². The molecule has 2 saturated heterocycles. The molecule has 2 aliphatic heterocycles. The highest BCUT2D eigenvalue weighted by Gasteiger charge is 2.32. The second kappa shape index (κ2) is 9.05. The maximum atomic E-state index is 13.0. The van der Waals surface area contributed by atoms with Gasteiger partial charge in [-0.2, -0.15) is 4.31 Å². The van der Waals surface area contributed by atoms with E-state index < -0.39 is 10.0 Å². The third-order valence-corrected chi connectivity index (χ3v) is 7.69. The molecule has 1 amide bonds. The molecule has 0 radical (unpaired) electrons. The SMILES string of the molecule is C[C@@H]1CN(S(=O)(=O)c2ccc(C(=O)N3CCC[C@H](Cn4ccnn4)C3)cc2)C[C@@H](C)O1. The van der Waals surface area contributed by atoms with Gasteiger partial charge in [0.25, 0.3) is 5.91 Å². The smallest absolute Gasteiger partial charge is 0.253 e.